The minimum absolute atomic E-state index is 0.179. The molecule has 1 heterocycles. The summed E-state index contributed by atoms with van der Waals surface area (Å²) in [5.41, 5.74) is 0.751. The summed E-state index contributed by atoms with van der Waals surface area (Å²) in [6.07, 6.45) is 0. The average Bonchev–Trinajstić information content (AvgIpc) is 2.92. The van der Waals surface area contributed by atoms with Crippen molar-refractivity contribution in [2.24, 2.45) is 0 Å². The molecular formula is C14H18BrNO5. The Morgan fingerprint density at radius 1 is 1.48 bits per heavy atom. The average molecular weight is 360 g/mol. The van der Waals surface area contributed by atoms with E-state index in [0.717, 1.165) is 10.0 Å². The van der Waals surface area contributed by atoms with Crippen LogP contribution in [-0.4, -0.2) is 39.6 Å². The highest BCUT2D eigenvalue weighted by atomic mass is 79.9. The van der Waals surface area contributed by atoms with Crippen LogP contribution < -0.4 is 14.8 Å². The van der Waals surface area contributed by atoms with Gasteiger partial charge in [0.15, 0.2) is 11.5 Å². The molecule has 0 saturated heterocycles. The summed E-state index contributed by atoms with van der Waals surface area (Å²) in [4.78, 5) is 12.1. The molecule has 0 radical (unpaired) electrons. The number of nitrogens with one attached hydrogen (secondary N) is 1. The first-order chi connectivity index (χ1) is 10.2. The molecule has 1 aromatic carbocycles. The predicted molar refractivity (Wildman–Crippen MR) is 79.5 cm³/mol. The lowest BCUT2D eigenvalue weighted by Crippen LogP contribution is -2.32. The first kappa shape index (κ1) is 16.1. The Morgan fingerprint density at radius 3 is 3.00 bits per heavy atom. The largest absolute Gasteiger partial charge is 0.465 e. The zero-order valence-electron chi connectivity index (χ0n) is 12.0. The van der Waals surface area contributed by atoms with Gasteiger partial charge in [-0.2, -0.15) is 0 Å². The molecule has 0 aromatic heterocycles. The fraction of sp³-hybridized carbons (Fsp3) is 0.500. The molecule has 1 N–H and O–H groups in total. The quantitative estimate of drug-likeness (QED) is 0.593. The van der Waals surface area contributed by atoms with E-state index in [0.29, 0.717) is 31.3 Å². The Kier molecular flexibility index (Phi) is 5.84. The molecule has 7 heteroatoms. The molecule has 1 aliphatic heterocycles. The Hall–Kier alpha value is -1.31. The highest BCUT2D eigenvalue weighted by molar-refractivity contribution is 9.10. The molecule has 1 unspecified atom stereocenters. The fourth-order valence-corrected chi connectivity index (χ4v) is 2.60. The summed E-state index contributed by atoms with van der Waals surface area (Å²) in [6.45, 7) is 3.32. The second kappa shape index (κ2) is 7.63. The van der Waals surface area contributed by atoms with E-state index in [1.807, 2.05) is 6.07 Å². The molecule has 0 aliphatic carbocycles. The molecule has 21 heavy (non-hydrogen) atoms. The van der Waals surface area contributed by atoms with Gasteiger partial charge in [-0.1, -0.05) is 0 Å². The van der Waals surface area contributed by atoms with Crippen LogP contribution in [0.4, 0.5) is 0 Å². The number of halogens is 1. The molecule has 2 rings (SSSR count). The number of carbonyl (C=O) groups excluding carboxylic acids is 1. The van der Waals surface area contributed by atoms with Gasteiger partial charge in [-0.3, -0.25) is 5.32 Å². The smallest absolute Gasteiger partial charge is 0.327 e. The number of ether oxygens (including phenoxy) is 4. The van der Waals surface area contributed by atoms with Crippen molar-refractivity contribution >= 4 is 21.9 Å². The van der Waals surface area contributed by atoms with Gasteiger partial charge < -0.3 is 18.9 Å². The first-order valence-electron chi connectivity index (χ1n) is 6.65. The molecule has 0 saturated carbocycles. The SMILES string of the molecule is CCOC(=O)C(NCCOC)c1cc(Br)c2c(c1)OCO2. The lowest BCUT2D eigenvalue weighted by atomic mass is 10.1. The van der Waals surface area contributed by atoms with E-state index in [1.54, 1.807) is 20.1 Å². The maximum atomic E-state index is 12.1. The predicted octanol–water partition coefficient (Wildman–Crippen LogP) is 2.02. The van der Waals surface area contributed by atoms with Gasteiger partial charge in [0.2, 0.25) is 6.79 Å². The normalized spacial score (nSPS) is 14.0. The maximum absolute atomic E-state index is 12.1. The zero-order valence-corrected chi connectivity index (χ0v) is 13.6. The molecule has 0 spiro atoms. The molecule has 0 amide bonds. The monoisotopic (exact) mass is 359 g/mol. The van der Waals surface area contributed by atoms with E-state index >= 15 is 0 Å². The van der Waals surface area contributed by atoms with Gasteiger partial charge in [0.1, 0.15) is 6.04 Å². The highest BCUT2D eigenvalue weighted by Gasteiger charge is 2.26. The summed E-state index contributed by atoms with van der Waals surface area (Å²) < 4.78 is 21.6. The van der Waals surface area contributed by atoms with Crippen molar-refractivity contribution in [1.82, 2.24) is 5.32 Å². The third-order valence-electron chi connectivity index (χ3n) is 2.96. The van der Waals surface area contributed by atoms with Crippen LogP contribution in [0.3, 0.4) is 0 Å². The summed E-state index contributed by atoms with van der Waals surface area (Å²) in [5.74, 6) is 0.930. The summed E-state index contributed by atoms with van der Waals surface area (Å²) in [5, 5.41) is 3.12. The van der Waals surface area contributed by atoms with Gasteiger partial charge in [-0.05, 0) is 40.5 Å². The lowest BCUT2D eigenvalue weighted by molar-refractivity contribution is -0.145. The van der Waals surface area contributed by atoms with Crippen LogP contribution in [0.15, 0.2) is 16.6 Å². The molecule has 0 bridgehead atoms. The van der Waals surface area contributed by atoms with E-state index in [4.69, 9.17) is 18.9 Å². The van der Waals surface area contributed by atoms with Crippen LogP contribution in [0.1, 0.15) is 18.5 Å². The lowest BCUT2D eigenvalue weighted by Gasteiger charge is -2.18. The van der Waals surface area contributed by atoms with Crippen LogP contribution in [-0.2, 0) is 14.3 Å². The number of methoxy groups -OCH3 is 1. The summed E-state index contributed by atoms with van der Waals surface area (Å²) in [7, 11) is 1.61. The van der Waals surface area contributed by atoms with E-state index in [2.05, 4.69) is 21.2 Å². The second-order valence-electron chi connectivity index (χ2n) is 4.37. The van der Waals surface area contributed by atoms with Crippen molar-refractivity contribution in [3.63, 3.8) is 0 Å². The number of hydrogen-bond donors (Lipinski definition) is 1. The van der Waals surface area contributed by atoms with Crippen molar-refractivity contribution in [2.75, 3.05) is 33.7 Å². The Bertz CT molecular complexity index is 508. The third-order valence-corrected chi connectivity index (χ3v) is 3.55. The Balaban J connectivity index is 2.23. The topological polar surface area (TPSA) is 66.0 Å². The first-order valence-corrected chi connectivity index (χ1v) is 7.44. The number of esters is 1. The van der Waals surface area contributed by atoms with Gasteiger partial charge in [0, 0.05) is 13.7 Å². The highest BCUT2D eigenvalue weighted by Crippen LogP contribution is 2.41. The number of rotatable bonds is 7. The molecular weight excluding hydrogens is 342 g/mol. The van der Waals surface area contributed by atoms with Crippen LogP contribution in [0.2, 0.25) is 0 Å². The third kappa shape index (κ3) is 3.87. The van der Waals surface area contributed by atoms with Crippen molar-refractivity contribution in [1.29, 1.82) is 0 Å². The van der Waals surface area contributed by atoms with Crippen molar-refractivity contribution < 1.29 is 23.7 Å². The van der Waals surface area contributed by atoms with E-state index in [9.17, 15) is 4.79 Å². The summed E-state index contributed by atoms with van der Waals surface area (Å²) in [6, 6.07) is 3.04. The van der Waals surface area contributed by atoms with E-state index < -0.39 is 6.04 Å². The fourth-order valence-electron chi connectivity index (χ4n) is 2.02. The second-order valence-corrected chi connectivity index (χ2v) is 5.22. The van der Waals surface area contributed by atoms with Crippen LogP contribution in [0.5, 0.6) is 11.5 Å². The molecule has 0 fully saturated rings. The minimum Gasteiger partial charge on any atom is -0.465 e. The van der Waals surface area contributed by atoms with E-state index in [-0.39, 0.29) is 12.8 Å². The Labute approximate surface area is 131 Å². The number of hydrogen-bond acceptors (Lipinski definition) is 6. The minimum atomic E-state index is -0.578. The van der Waals surface area contributed by atoms with E-state index in [1.165, 1.54) is 0 Å². The molecule has 1 aromatic rings. The van der Waals surface area contributed by atoms with Crippen LogP contribution in [0, 0.1) is 0 Å². The standard InChI is InChI=1S/C14H18BrNO5/c1-3-19-14(17)12(16-4-5-18-2)9-6-10(15)13-11(7-9)20-8-21-13/h6-7,12,16H,3-5,8H2,1-2H3. The molecule has 6 nitrogen and oxygen atoms in total. The van der Waals surface area contributed by atoms with Crippen molar-refractivity contribution in [3.8, 4) is 11.5 Å². The zero-order chi connectivity index (χ0) is 15.2. The summed E-state index contributed by atoms with van der Waals surface area (Å²) >= 11 is 3.43. The van der Waals surface area contributed by atoms with Gasteiger partial charge in [-0.25, -0.2) is 4.79 Å². The van der Waals surface area contributed by atoms with Crippen LogP contribution in [0.25, 0.3) is 0 Å². The molecule has 1 aliphatic rings. The van der Waals surface area contributed by atoms with Crippen molar-refractivity contribution in [3.05, 3.63) is 22.2 Å². The molecule has 1 atom stereocenters. The van der Waals surface area contributed by atoms with Gasteiger partial charge in [0.25, 0.3) is 0 Å². The van der Waals surface area contributed by atoms with Crippen LogP contribution >= 0.6 is 15.9 Å². The van der Waals surface area contributed by atoms with Gasteiger partial charge in [-0.15, -0.1) is 0 Å². The number of benzene rings is 1. The number of carbonyl (C=O) groups is 1. The Morgan fingerprint density at radius 2 is 2.29 bits per heavy atom. The van der Waals surface area contributed by atoms with Gasteiger partial charge >= 0.3 is 5.97 Å². The molecule has 116 valence electrons. The maximum Gasteiger partial charge on any atom is 0.327 e. The van der Waals surface area contributed by atoms with Crippen molar-refractivity contribution in [2.45, 2.75) is 13.0 Å². The van der Waals surface area contributed by atoms with Gasteiger partial charge in [0.05, 0.1) is 17.7 Å². The number of fused-ring (bicyclic) bond motifs is 1.